The average Bonchev–Trinajstić information content (AvgIpc) is 3.46. The van der Waals surface area contributed by atoms with Crippen molar-refractivity contribution in [3.8, 4) is 22.0 Å². The van der Waals surface area contributed by atoms with Gasteiger partial charge < -0.3 is 19.3 Å². The molecule has 1 unspecified atom stereocenters. The fourth-order valence-corrected chi connectivity index (χ4v) is 3.65. The molecule has 0 spiro atoms. The number of carbonyl (C=O) groups excluding carboxylic acids is 1. The fraction of sp³-hybridized carbons (Fsp3) is 0.118. The van der Waals surface area contributed by atoms with Crippen molar-refractivity contribution < 1.29 is 48.3 Å². The van der Waals surface area contributed by atoms with Crippen LogP contribution in [-0.4, -0.2) is 35.4 Å². The van der Waals surface area contributed by atoms with E-state index in [9.17, 15) is 14.3 Å². The quantitative estimate of drug-likeness (QED) is 0.264. The van der Waals surface area contributed by atoms with E-state index >= 15 is 0 Å². The van der Waals surface area contributed by atoms with Crippen molar-refractivity contribution in [2.24, 2.45) is 7.05 Å². The number of rotatable bonds is 7. The maximum atomic E-state index is 12.7. The van der Waals surface area contributed by atoms with Crippen LogP contribution in [0.3, 0.4) is 0 Å². The molecule has 4 heterocycles. The molecule has 4 aromatic heterocycles. The number of hydrogen-bond donors (Lipinski definition) is 1. The number of hydrogen-bond acceptors (Lipinski definition) is 9. The molecule has 0 saturated heterocycles. The first-order chi connectivity index (χ1) is 14.5. The first kappa shape index (κ1) is 23.5. The fourth-order valence-electron chi connectivity index (χ4n) is 2.63. The van der Waals surface area contributed by atoms with Crippen LogP contribution in [0.1, 0.15) is 10.5 Å². The second-order valence-electron chi connectivity index (χ2n) is 6.06. The summed E-state index contributed by atoms with van der Waals surface area (Å²) >= 11 is 1.27. The molecule has 4 aromatic rings. The van der Waals surface area contributed by atoms with Gasteiger partial charge >= 0.3 is 29.6 Å². The molecule has 1 atom stereocenters. The Morgan fingerprint density at radius 3 is 2.94 bits per heavy atom. The number of amides is 1. The van der Waals surface area contributed by atoms with Crippen molar-refractivity contribution in [2.45, 2.75) is 6.73 Å². The molecule has 0 bridgehead atoms. The molecule has 0 radical (unpaired) electrons. The van der Waals surface area contributed by atoms with Gasteiger partial charge in [0, 0.05) is 36.6 Å². The summed E-state index contributed by atoms with van der Waals surface area (Å²) in [6.45, 7) is -0.211. The van der Waals surface area contributed by atoms with Gasteiger partial charge in [0.15, 0.2) is 0 Å². The zero-order valence-electron chi connectivity index (χ0n) is 16.6. The van der Waals surface area contributed by atoms with E-state index in [2.05, 4.69) is 30.0 Å². The summed E-state index contributed by atoms with van der Waals surface area (Å²) in [4.78, 5) is 31.9. The molecule has 0 saturated carbocycles. The van der Waals surface area contributed by atoms with Crippen LogP contribution in [0, 0.1) is 0 Å². The topological polar surface area (TPSA) is 140 Å². The van der Waals surface area contributed by atoms with Crippen molar-refractivity contribution in [3.05, 3.63) is 54.1 Å². The molecule has 0 aliphatic rings. The Bertz CT molecular complexity index is 1210. The summed E-state index contributed by atoms with van der Waals surface area (Å²) < 4.78 is 18.0. The van der Waals surface area contributed by atoms with Crippen LogP contribution >= 0.6 is 19.6 Å². The third kappa shape index (κ3) is 5.74. The number of anilines is 1. The second-order valence-corrected chi connectivity index (χ2v) is 7.71. The Hall–Kier alpha value is -2.18. The number of aryl methyl sites for hydroxylation is 1. The summed E-state index contributed by atoms with van der Waals surface area (Å²) in [5, 5.41) is 13.4. The van der Waals surface area contributed by atoms with Crippen LogP contribution < -0.4 is 39.8 Å². The molecule has 11 nitrogen and oxygen atoms in total. The molecule has 0 aromatic carbocycles. The second kappa shape index (κ2) is 10.4. The largest absolute Gasteiger partial charge is 1.00 e. The molecule has 14 heteroatoms. The predicted octanol–water partition coefficient (Wildman–Crippen LogP) is -1.22. The monoisotopic (exact) mass is 467 g/mol. The van der Waals surface area contributed by atoms with Crippen LogP contribution in [0.4, 0.5) is 5.69 Å². The van der Waals surface area contributed by atoms with E-state index in [-0.39, 0.29) is 47.9 Å². The van der Waals surface area contributed by atoms with E-state index < -0.39 is 8.25 Å². The maximum absolute atomic E-state index is 12.7. The van der Waals surface area contributed by atoms with Gasteiger partial charge in [0.2, 0.25) is 0 Å². The van der Waals surface area contributed by atoms with Gasteiger partial charge in [-0.15, -0.1) is 11.3 Å². The standard InChI is InChI=1S/C17H16N7O4PS.Na/c1-23-8-13(15(22-23)12-4-2-3-5-18-12)20-16(25)14-9-30-17(21-14)11-6-19-24(7-11)10-28-29(26)27;/h2-9,29H,10H2,1H3,(H,20,25)(H,26,27);/q;+1/p-1. The average molecular weight is 467 g/mol. The molecule has 0 fully saturated rings. The molecule has 1 amide bonds. The normalized spacial score (nSPS) is 11.7. The SMILES string of the molecule is Cn1cc(NC(=O)c2csc(-c3cnn(CO[PH](=O)[O-])c3)n2)c(-c2ccccn2)n1.[Na+]. The summed E-state index contributed by atoms with van der Waals surface area (Å²) in [5.74, 6) is -0.386. The smallest absolute Gasteiger partial charge is 0.781 e. The number of nitrogens with zero attached hydrogens (tertiary/aromatic N) is 6. The molecule has 31 heavy (non-hydrogen) atoms. The van der Waals surface area contributed by atoms with Gasteiger partial charge in [-0.25, -0.2) is 9.67 Å². The van der Waals surface area contributed by atoms with Gasteiger partial charge in [0.25, 0.3) is 5.91 Å². The van der Waals surface area contributed by atoms with E-state index in [4.69, 9.17) is 0 Å². The van der Waals surface area contributed by atoms with Crippen LogP contribution in [0.2, 0.25) is 0 Å². The van der Waals surface area contributed by atoms with Crippen molar-refractivity contribution >= 4 is 31.2 Å². The van der Waals surface area contributed by atoms with E-state index in [0.29, 0.717) is 27.6 Å². The first-order valence-corrected chi connectivity index (χ1v) is 10.7. The third-order valence-corrected chi connectivity index (χ3v) is 5.17. The van der Waals surface area contributed by atoms with Gasteiger partial charge in [0.1, 0.15) is 31.4 Å². The van der Waals surface area contributed by atoms with Crippen LogP contribution in [0.15, 0.2) is 48.4 Å². The van der Waals surface area contributed by atoms with Gasteiger partial charge in [-0.1, -0.05) is 6.07 Å². The van der Waals surface area contributed by atoms with Gasteiger partial charge in [-0.3, -0.25) is 14.5 Å². The number of nitrogens with one attached hydrogen (secondary N) is 1. The summed E-state index contributed by atoms with van der Waals surface area (Å²) in [6.07, 6.45) is 6.46. The molecular formula is C17H15N7NaO4PS. The van der Waals surface area contributed by atoms with E-state index in [0.717, 1.165) is 0 Å². The van der Waals surface area contributed by atoms with E-state index in [1.807, 2.05) is 12.1 Å². The van der Waals surface area contributed by atoms with Crippen LogP contribution in [-0.2, 0) is 22.9 Å². The predicted molar refractivity (Wildman–Crippen MR) is 108 cm³/mol. The minimum absolute atomic E-state index is 0. The molecule has 1 N–H and O–H groups in total. The zero-order chi connectivity index (χ0) is 21.1. The van der Waals surface area contributed by atoms with Gasteiger partial charge in [-0.2, -0.15) is 10.2 Å². The molecular weight excluding hydrogens is 452 g/mol. The molecule has 0 aliphatic carbocycles. The van der Waals surface area contributed by atoms with Crippen molar-refractivity contribution in [3.63, 3.8) is 0 Å². The number of aromatic nitrogens is 6. The Morgan fingerprint density at radius 1 is 1.35 bits per heavy atom. The van der Waals surface area contributed by atoms with Crippen molar-refractivity contribution in [2.75, 3.05) is 5.32 Å². The van der Waals surface area contributed by atoms with Crippen LogP contribution in [0.25, 0.3) is 22.0 Å². The molecule has 154 valence electrons. The number of thiazole rings is 1. The first-order valence-electron chi connectivity index (χ1n) is 8.58. The summed E-state index contributed by atoms with van der Waals surface area (Å²) in [5.41, 5.74) is 2.60. The molecule has 0 aliphatic heterocycles. The maximum Gasteiger partial charge on any atom is 1.00 e. The Labute approximate surface area is 203 Å². The summed E-state index contributed by atoms with van der Waals surface area (Å²) in [6, 6.07) is 5.46. The minimum Gasteiger partial charge on any atom is -0.781 e. The van der Waals surface area contributed by atoms with Crippen LogP contribution in [0.5, 0.6) is 0 Å². The van der Waals surface area contributed by atoms with Crippen molar-refractivity contribution in [1.82, 2.24) is 29.5 Å². The Morgan fingerprint density at radius 2 is 2.19 bits per heavy atom. The number of carbonyl (C=O) groups is 1. The van der Waals surface area contributed by atoms with E-state index in [1.54, 1.807) is 41.8 Å². The Kier molecular flexibility index (Phi) is 7.89. The van der Waals surface area contributed by atoms with Crippen molar-refractivity contribution in [1.29, 1.82) is 0 Å². The Balaban J connectivity index is 0.00000272. The number of pyridine rings is 1. The summed E-state index contributed by atoms with van der Waals surface area (Å²) in [7, 11) is -1.53. The van der Waals surface area contributed by atoms with E-state index in [1.165, 1.54) is 22.2 Å². The van der Waals surface area contributed by atoms with Gasteiger partial charge in [-0.05, 0) is 12.1 Å². The van der Waals surface area contributed by atoms with Gasteiger partial charge in [0.05, 0.1) is 17.6 Å². The zero-order valence-corrected chi connectivity index (χ0v) is 20.4. The third-order valence-electron chi connectivity index (χ3n) is 3.92. The minimum atomic E-state index is -3.28. The molecule has 4 rings (SSSR count).